The third kappa shape index (κ3) is 2.69. The third-order valence-electron chi connectivity index (χ3n) is 3.73. The van der Waals surface area contributed by atoms with Crippen LogP contribution in [-0.4, -0.2) is 30.1 Å². The summed E-state index contributed by atoms with van der Waals surface area (Å²) >= 11 is 0. The minimum Gasteiger partial charge on any atom is -0.347 e. The molecule has 19 heavy (non-hydrogen) atoms. The Bertz CT molecular complexity index is 571. The smallest absolute Gasteiger partial charge is 0.0482 e. The molecule has 0 bridgehead atoms. The van der Waals surface area contributed by atoms with Gasteiger partial charge in [0, 0.05) is 35.6 Å². The van der Waals surface area contributed by atoms with E-state index in [9.17, 15) is 0 Å². The highest BCUT2D eigenvalue weighted by molar-refractivity contribution is 5.86. The first-order chi connectivity index (χ1) is 8.82. The number of rotatable bonds is 3. The van der Waals surface area contributed by atoms with E-state index in [0.29, 0.717) is 0 Å². The molecule has 2 heteroatoms. The summed E-state index contributed by atoms with van der Waals surface area (Å²) in [6.45, 7) is 8.01. The zero-order valence-corrected chi connectivity index (χ0v) is 13.1. The number of fused-ring (bicyclic) bond motifs is 1. The highest BCUT2D eigenvalue weighted by atomic mass is 15.0. The van der Waals surface area contributed by atoms with Gasteiger partial charge < -0.3 is 9.47 Å². The molecule has 0 amide bonds. The number of likely N-dealkylation sites (N-methyl/N-ethyl adjacent to an activating group) is 1. The van der Waals surface area contributed by atoms with Gasteiger partial charge in [-0.2, -0.15) is 0 Å². The van der Waals surface area contributed by atoms with Crippen molar-refractivity contribution in [3.8, 4) is 0 Å². The molecule has 1 aromatic carbocycles. The van der Waals surface area contributed by atoms with Crippen LogP contribution >= 0.6 is 0 Å². The van der Waals surface area contributed by atoms with E-state index in [1.807, 2.05) is 0 Å². The number of aryl methyl sites for hydroxylation is 1. The number of para-hydroxylation sites is 1. The molecule has 0 unspecified atom stereocenters. The minimum absolute atomic E-state index is 0.176. The summed E-state index contributed by atoms with van der Waals surface area (Å²) in [7, 11) is 6.48. The molecule has 0 saturated carbocycles. The summed E-state index contributed by atoms with van der Waals surface area (Å²) in [5.41, 5.74) is 4.51. The van der Waals surface area contributed by atoms with Crippen molar-refractivity contribution < 1.29 is 0 Å². The second-order valence-electron chi connectivity index (χ2n) is 6.71. The van der Waals surface area contributed by atoms with Gasteiger partial charge >= 0.3 is 0 Å². The van der Waals surface area contributed by atoms with Crippen LogP contribution in [-0.2, 0) is 18.9 Å². The molecule has 2 nitrogen and oxygen atoms in total. The van der Waals surface area contributed by atoms with Crippen molar-refractivity contribution in [3.05, 3.63) is 35.5 Å². The maximum Gasteiger partial charge on any atom is 0.0482 e. The largest absolute Gasteiger partial charge is 0.347 e. The Labute approximate surface area is 117 Å². The van der Waals surface area contributed by atoms with E-state index in [1.165, 1.54) is 22.2 Å². The van der Waals surface area contributed by atoms with E-state index in [-0.39, 0.29) is 5.41 Å². The van der Waals surface area contributed by atoms with Gasteiger partial charge in [0.05, 0.1) is 0 Å². The van der Waals surface area contributed by atoms with Gasteiger partial charge in [-0.25, -0.2) is 0 Å². The number of nitrogens with zero attached hydrogens (tertiary/aromatic N) is 2. The second kappa shape index (κ2) is 5.01. The van der Waals surface area contributed by atoms with Crippen molar-refractivity contribution in [1.82, 2.24) is 9.47 Å². The monoisotopic (exact) mass is 258 g/mol. The van der Waals surface area contributed by atoms with Crippen molar-refractivity contribution in [2.24, 2.45) is 7.05 Å². The molecule has 0 aliphatic rings. The first-order valence-electron chi connectivity index (χ1n) is 7.04. The molecule has 2 rings (SSSR count). The van der Waals surface area contributed by atoms with E-state index in [2.05, 4.69) is 75.6 Å². The fourth-order valence-electron chi connectivity index (χ4n) is 3.02. The van der Waals surface area contributed by atoms with Crippen LogP contribution in [0.5, 0.6) is 0 Å². The predicted octanol–water partition coefficient (Wildman–Crippen LogP) is 3.58. The number of hydrogen-bond donors (Lipinski definition) is 0. The molecular weight excluding hydrogens is 232 g/mol. The molecule has 0 aliphatic heterocycles. The maximum atomic E-state index is 2.38. The Hall–Kier alpha value is -1.28. The van der Waals surface area contributed by atoms with Gasteiger partial charge in [0.15, 0.2) is 0 Å². The maximum absolute atomic E-state index is 2.38. The minimum atomic E-state index is 0.176. The van der Waals surface area contributed by atoms with Gasteiger partial charge in [-0.3, -0.25) is 0 Å². The lowest BCUT2D eigenvalue weighted by Gasteiger charge is -2.23. The Balaban J connectivity index is 2.63. The summed E-state index contributed by atoms with van der Waals surface area (Å²) in [5, 5.41) is 1.41. The lowest BCUT2D eigenvalue weighted by molar-refractivity contribution is 0.411. The molecule has 0 fully saturated rings. The molecule has 0 radical (unpaired) electrons. The van der Waals surface area contributed by atoms with Crippen LogP contribution < -0.4 is 0 Å². The van der Waals surface area contributed by atoms with E-state index in [0.717, 1.165) is 13.0 Å². The fraction of sp³-hybridized carbons (Fsp3) is 0.529. The Morgan fingerprint density at radius 1 is 1.11 bits per heavy atom. The van der Waals surface area contributed by atoms with Crippen LogP contribution in [0.25, 0.3) is 10.9 Å². The van der Waals surface area contributed by atoms with Crippen molar-refractivity contribution in [3.63, 3.8) is 0 Å². The van der Waals surface area contributed by atoms with Crippen molar-refractivity contribution in [1.29, 1.82) is 0 Å². The van der Waals surface area contributed by atoms with Crippen LogP contribution in [0.2, 0.25) is 0 Å². The topological polar surface area (TPSA) is 8.17 Å². The molecule has 0 N–H and O–H groups in total. The lowest BCUT2D eigenvalue weighted by Crippen LogP contribution is -2.21. The molecule has 0 atom stereocenters. The first-order valence-corrected chi connectivity index (χ1v) is 7.04. The molecule has 2 aromatic rings. The van der Waals surface area contributed by atoms with Gasteiger partial charge in [-0.05, 0) is 32.1 Å². The number of hydrogen-bond acceptors (Lipinski definition) is 1. The van der Waals surface area contributed by atoms with Gasteiger partial charge in [-0.1, -0.05) is 39.0 Å². The summed E-state index contributed by atoms with van der Waals surface area (Å²) in [6, 6.07) is 8.76. The van der Waals surface area contributed by atoms with Crippen LogP contribution in [0.3, 0.4) is 0 Å². The highest BCUT2D eigenvalue weighted by Gasteiger charge is 2.24. The van der Waals surface area contributed by atoms with Gasteiger partial charge in [0.2, 0.25) is 0 Å². The average Bonchev–Trinajstić information content (AvgIpc) is 2.60. The SMILES string of the molecule is CN(C)CCc1c(C(C)(C)C)n(C)c2ccccc12. The van der Waals surface area contributed by atoms with Crippen LogP contribution in [0.1, 0.15) is 32.0 Å². The standard InChI is InChI=1S/C17H26N2/c1-17(2,3)16-14(11-12-18(4)5)13-9-7-8-10-15(13)19(16)6/h7-10H,11-12H2,1-6H3. The summed E-state index contributed by atoms with van der Waals surface area (Å²) in [6.07, 6.45) is 1.11. The van der Waals surface area contributed by atoms with Gasteiger partial charge in [0.1, 0.15) is 0 Å². The third-order valence-corrected chi connectivity index (χ3v) is 3.73. The molecule has 104 valence electrons. The van der Waals surface area contributed by atoms with Crippen molar-refractivity contribution in [2.75, 3.05) is 20.6 Å². The first kappa shape index (κ1) is 14.1. The quantitative estimate of drug-likeness (QED) is 0.817. The molecule has 1 heterocycles. The lowest BCUT2D eigenvalue weighted by atomic mass is 9.87. The Morgan fingerprint density at radius 3 is 2.32 bits per heavy atom. The van der Waals surface area contributed by atoms with Gasteiger partial charge in [0.25, 0.3) is 0 Å². The Kier molecular flexibility index (Phi) is 3.73. The van der Waals surface area contributed by atoms with Crippen LogP contribution in [0.4, 0.5) is 0 Å². The van der Waals surface area contributed by atoms with Crippen LogP contribution in [0.15, 0.2) is 24.3 Å². The zero-order chi connectivity index (χ0) is 14.2. The number of benzene rings is 1. The zero-order valence-electron chi connectivity index (χ0n) is 13.1. The second-order valence-corrected chi connectivity index (χ2v) is 6.71. The van der Waals surface area contributed by atoms with Crippen LogP contribution in [0, 0.1) is 0 Å². The number of aromatic nitrogens is 1. The molecule has 1 aromatic heterocycles. The Morgan fingerprint density at radius 2 is 1.74 bits per heavy atom. The molecule has 0 aliphatic carbocycles. The van der Waals surface area contributed by atoms with E-state index < -0.39 is 0 Å². The molecular formula is C17H26N2. The van der Waals surface area contributed by atoms with E-state index in [4.69, 9.17) is 0 Å². The van der Waals surface area contributed by atoms with Crippen molar-refractivity contribution in [2.45, 2.75) is 32.6 Å². The summed E-state index contributed by atoms with van der Waals surface area (Å²) < 4.78 is 2.38. The van der Waals surface area contributed by atoms with Gasteiger partial charge in [-0.15, -0.1) is 0 Å². The average molecular weight is 258 g/mol. The predicted molar refractivity (Wildman–Crippen MR) is 83.9 cm³/mol. The summed E-state index contributed by atoms with van der Waals surface area (Å²) in [5.74, 6) is 0. The molecule has 0 spiro atoms. The molecule has 0 saturated heterocycles. The van der Waals surface area contributed by atoms with E-state index >= 15 is 0 Å². The van der Waals surface area contributed by atoms with Crippen molar-refractivity contribution >= 4 is 10.9 Å². The normalized spacial score (nSPS) is 12.6. The van der Waals surface area contributed by atoms with E-state index in [1.54, 1.807) is 0 Å². The highest BCUT2D eigenvalue weighted by Crippen LogP contribution is 2.34. The summed E-state index contributed by atoms with van der Waals surface area (Å²) in [4.78, 5) is 2.26. The fourth-order valence-corrected chi connectivity index (χ4v) is 3.02.